The van der Waals surface area contributed by atoms with Crippen LogP contribution in [0.4, 0.5) is 21.5 Å². The maximum absolute atomic E-state index is 13.5. The van der Waals surface area contributed by atoms with Crippen molar-refractivity contribution in [3.63, 3.8) is 0 Å². The van der Waals surface area contributed by atoms with Crippen LogP contribution in [0.2, 0.25) is 0 Å². The molecule has 7 heteroatoms. The molecule has 0 spiro atoms. The van der Waals surface area contributed by atoms with Crippen LogP contribution < -0.4 is 15.5 Å². The second-order valence-corrected chi connectivity index (χ2v) is 7.85. The third kappa shape index (κ3) is 4.39. The van der Waals surface area contributed by atoms with Gasteiger partial charge in [-0.2, -0.15) is 0 Å². The SMILES string of the molecule is CC(=O)Nc1ccc(N2C(=O)C(Nc3ccc(F)cc3)=C(c3ccc(C)c(C)c3)C2=O)cc1. The highest BCUT2D eigenvalue weighted by Crippen LogP contribution is 2.34. The highest BCUT2D eigenvalue weighted by atomic mass is 19.1. The molecule has 1 aliphatic rings. The van der Waals surface area contributed by atoms with Crippen LogP contribution in [0.5, 0.6) is 0 Å². The molecule has 33 heavy (non-hydrogen) atoms. The van der Waals surface area contributed by atoms with Crippen LogP contribution >= 0.6 is 0 Å². The number of carbonyl (C=O) groups excluding carboxylic acids is 3. The van der Waals surface area contributed by atoms with Gasteiger partial charge in [-0.3, -0.25) is 14.4 Å². The number of nitrogens with zero attached hydrogens (tertiary/aromatic N) is 1. The van der Waals surface area contributed by atoms with Gasteiger partial charge in [0.05, 0.1) is 11.3 Å². The number of hydrogen-bond donors (Lipinski definition) is 2. The number of nitrogens with one attached hydrogen (secondary N) is 2. The Morgan fingerprint density at radius 2 is 1.45 bits per heavy atom. The summed E-state index contributed by atoms with van der Waals surface area (Å²) in [5.41, 5.74) is 4.41. The van der Waals surface area contributed by atoms with E-state index in [4.69, 9.17) is 0 Å². The van der Waals surface area contributed by atoms with Crippen molar-refractivity contribution in [2.75, 3.05) is 15.5 Å². The third-order valence-electron chi connectivity index (χ3n) is 5.44. The van der Waals surface area contributed by atoms with E-state index in [0.29, 0.717) is 22.6 Å². The lowest BCUT2D eigenvalue weighted by atomic mass is 9.99. The predicted octanol–water partition coefficient (Wildman–Crippen LogP) is 4.80. The molecule has 3 amide bonds. The molecule has 166 valence electrons. The maximum Gasteiger partial charge on any atom is 0.282 e. The molecule has 0 aliphatic carbocycles. The van der Waals surface area contributed by atoms with E-state index in [2.05, 4.69) is 10.6 Å². The molecule has 1 heterocycles. The van der Waals surface area contributed by atoms with Gasteiger partial charge in [0.2, 0.25) is 5.91 Å². The molecule has 0 saturated heterocycles. The fourth-order valence-corrected chi connectivity index (χ4v) is 3.62. The van der Waals surface area contributed by atoms with Crippen molar-refractivity contribution >= 4 is 40.4 Å². The van der Waals surface area contributed by atoms with Crippen molar-refractivity contribution in [3.05, 3.63) is 94.9 Å². The van der Waals surface area contributed by atoms with Crippen LogP contribution in [0.25, 0.3) is 5.57 Å². The molecule has 0 unspecified atom stereocenters. The first kappa shape index (κ1) is 22.0. The quantitative estimate of drug-likeness (QED) is 0.556. The summed E-state index contributed by atoms with van der Waals surface area (Å²) in [5, 5.41) is 5.67. The molecule has 0 fully saturated rings. The lowest BCUT2D eigenvalue weighted by Gasteiger charge is -2.16. The summed E-state index contributed by atoms with van der Waals surface area (Å²) in [4.78, 5) is 39.3. The number of amides is 3. The van der Waals surface area contributed by atoms with Gasteiger partial charge >= 0.3 is 0 Å². The molecule has 2 N–H and O–H groups in total. The van der Waals surface area contributed by atoms with Crippen molar-refractivity contribution in [3.8, 4) is 0 Å². The van der Waals surface area contributed by atoms with Crippen molar-refractivity contribution in [2.24, 2.45) is 0 Å². The number of rotatable bonds is 5. The molecule has 3 aromatic rings. The minimum absolute atomic E-state index is 0.112. The van der Waals surface area contributed by atoms with Crippen LogP contribution in [0, 0.1) is 19.7 Å². The lowest BCUT2D eigenvalue weighted by Crippen LogP contribution is -2.32. The minimum Gasteiger partial charge on any atom is -0.350 e. The second kappa shape index (κ2) is 8.70. The number of carbonyl (C=O) groups is 3. The minimum atomic E-state index is -0.523. The van der Waals surface area contributed by atoms with Crippen LogP contribution in [-0.2, 0) is 14.4 Å². The van der Waals surface area contributed by atoms with Crippen molar-refractivity contribution in [1.29, 1.82) is 0 Å². The van der Waals surface area contributed by atoms with Gasteiger partial charge in [-0.15, -0.1) is 0 Å². The molecule has 0 bridgehead atoms. The molecule has 3 aromatic carbocycles. The highest BCUT2D eigenvalue weighted by Gasteiger charge is 2.40. The molecule has 1 aliphatic heterocycles. The fraction of sp³-hybridized carbons (Fsp3) is 0.115. The van der Waals surface area contributed by atoms with Crippen molar-refractivity contribution in [1.82, 2.24) is 0 Å². The van der Waals surface area contributed by atoms with Gasteiger partial charge in [-0.05, 0) is 79.1 Å². The standard InChI is InChI=1S/C26H22FN3O3/c1-15-4-5-18(14-16(15)2)23-24(29-21-8-6-19(27)7-9-21)26(33)30(25(23)32)22-12-10-20(11-13-22)28-17(3)31/h4-14,29H,1-3H3,(H,28,31). The van der Waals surface area contributed by atoms with Crippen LogP contribution in [0.15, 0.2) is 72.4 Å². The number of imide groups is 1. The Morgan fingerprint density at radius 1 is 0.818 bits per heavy atom. The summed E-state index contributed by atoms with van der Waals surface area (Å²) in [6.45, 7) is 5.30. The van der Waals surface area contributed by atoms with Crippen LogP contribution in [0.3, 0.4) is 0 Å². The topological polar surface area (TPSA) is 78.5 Å². The Morgan fingerprint density at radius 3 is 2.06 bits per heavy atom. The Kier molecular flexibility index (Phi) is 5.79. The molecule has 0 radical (unpaired) electrons. The van der Waals surface area contributed by atoms with E-state index in [1.54, 1.807) is 30.3 Å². The van der Waals surface area contributed by atoms with E-state index in [1.807, 2.05) is 26.0 Å². The number of anilines is 3. The van der Waals surface area contributed by atoms with E-state index in [-0.39, 0.29) is 17.2 Å². The number of aryl methyl sites for hydroxylation is 2. The zero-order valence-electron chi connectivity index (χ0n) is 18.4. The van der Waals surface area contributed by atoms with Gasteiger partial charge in [0.15, 0.2) is 0 Å². The zero-order chi connectivity index (χ0) is 23.7. The first-order chi connectivity index (χ1) is 15.7. The molecule has 4 rings (SSSR count). The molecular formula is C26H22FN3O3. The Balaban J connectivity index is 1.77. The number of halogens is 1. The van der Waals surface area contributed by atoms with Gasteiger partial charge < -0.3 is 10.6 Å². The van der Waals surface area contributed by atoms with Crippen LogP contribution in [0.1, 0.15) is 23.6 Å². The van der Waals surface area contributed by atoms with Gasteiger partial charge in [0.1, 0.15) is 11.5 Å². The third-order valence-corrected chi connectivity index (χ3v) is 5.44. The van der Waals surface area contributed by atoms with E-state index in [0.717, 1.165) is 16.0 Å². The summed E-state index contributed by atoms with van der Waals surface area (Å²) in [7, 11) is 0. The van der Waals surface area contributed by atoms with E-state index in [1.165, 1.54) is 31.2 Å². The molecule has 0 atom stereocenters. The highest BCUT2D eigenvalue weighted by molar-refractivity contribution is 6.46. The van der Waals surface area contributed by atoms with Gasteiger partial charge in [0.25, 0.3) is 11.8 Å². The zero-order valence-corrected chi connectivity index (χ0v) is 18.4. The van der Waals surface area contributed by atoms with Crippen molar-refractivity contribution in [2.45, 2.75) is 20.8 Å². The second-order valence-electron chi connectivity index (χ2n) is 7.85. The summed E-state index contributed by atoms with van der Waals surface area (Å²) in [6, 6.07) is 17.6. The van der Waals surface area contributed by atoms with Crippen LogP contribution in [-0.4, -0.2) is 17.7 Å². The number of hydrogen-bond acceptors (Lipinski definition) is 4. The summed E-state index contributed by atoms with van der Waals surface area (Å²) >= 11 is 0. The molecular weight excluding hydrogens is 421 g/mol. The summed E-state index contributed by atoms with van der Waals surface area (Å²) < 4.78 is 13.4. The van der Waals surface area contributed by atoms with Gasteiger partial charge in [-0.25, -0.2) is 9.29 Å². The smallest absolute Gasteiger partial charge is 0.282 e. The largest absolute Gasteiger partial charge is 0.350 e. The van der Waals surface area contributed by atoms with E-state index in [9.17, 15) is 18.8 Å². The average Bonchev–Trinajstić information content (AvgIpc) is 3.01. The number of benzene rings is 3. The van der Waals surface area contributed by atoms with Gasteiger partial charge in [0, 0.05) is 18.3 Å². The molecule has 6 nitrogen and oxygen atoms in total. The van der Waals surface area contributed by atoms with Gasteiger partial charge in [-0.1, -0.05) is 18.2 Å². The Bertz CT molecular complexity index is 1300. The summed E-state index contributed by atoms with van der Waals surface area (Å²) in [5.74, 6) is -1.62. The first-order valence-corrected chi connectivity index (χ1v) is 10.4. The Labute approximate surface area is 190 Å². The normalized spacial score (nSPS) is 13.5. The first-order valence-electron chi connectivity index (χ1n) is 10.4. The maximum atomic E-state index is 13.5. The van der Waals surface area contributed by atoms with E-state index < -0.39 is 17.6 Å². The van der Waals surface area contributed by atoms with Crippen molar-refractivity contribution < 1.29 is 18.8 Å². The lowest BCUT2D eigenvalue weighted by molar-refractivity contribution is -0.120. The Hall–Kier alpha value is -4.26. The fourth-order valence-electron chi connectivity index (χ4n) is 3.62. The molecule has 0 aromatic heterocycles. The summed E-state index contributed by atoms with van der Waals surface area (Å²) in [6.07, 6.45) is 0. The predicted molar refractivity (Wildman–Crippen MR) is 126 cm³/mol. The monoisotopic (exact) mass is 443 g/mol. The van der Waals surface area contributed by atoms with E-state index >= 15 is 0 Å². The molecule has 0 saturated carbocycles. The average molecular weight is 443 g/mol.